The zero-order valence-electron chi connectivity index (χ0n) is 17.3. The maximum Gasteiger partial charge on any atom is 0.319 e. The fourth-order valence-electron chi connectivity index (χ4n) is 2.88. The number of carbonyl (C=O) groups excluding carboxylic acids is 2. The van der Waals surface area contributed by atoms with Gasteiger partial charge in [0.2, 0.25) is 0 Å². The van der Waals surface area contributed by atoms with Crippen LogP contribution in [0.4, 0.5) is 16.2 Å². The molecule has 0 spiro atoms. The van der Waals surface area contributed by atoms with Crippen molar-refractivity contribution in [3.8, 4) is 16.9 Å². The van der Waals surface area contributed by atoms with Crippen molar-refractivity contribution in [1.82, 2.24) is 5.32 Å². The fraction of sp³-hybridized carbons (Fsp3) is 0.167. The number of para-hydroxylation sites is 2. The van der Waals surface area contributed by atoms with Gasteiger partial charge in [-0.25, -0.2) is 4.79 Å². The molecule has 3 aromatic carbocycles. The van der Waals surface area contributed by atoms with E-state index >= 15 is 0 Å². The minimum Gasteiger partial charge on any atom is -0.482 e. The topological polar surface area (TPSA) is 79.5 Å². The molecule has 6 nitrogen and oxygen atoms in total. The summed E-state index contributed by atoms with van der Waals surface area (Å²) in [4.78, 5) is 24.4. The summed E-state index contributed by atoms with van der Waals surface area (Å²) in [6, 6.07) is 21.9. The number of amides is 3. The number of carbonyl (C=O) groups is 2. The molecule has 0 unspecified atom stereocenters. The van der Waals surface area contributed by atoms with E-state index in [9.17, 15) is 9.59 Å². The van der Waals surface area contributed by atoms with Crippen molar-refractivity contribution in [2.45, 2.75) is 19.9 Å². The molecule has 0 aromatic heterocycles. The molecule has 0 aliphatic carbocycles. The summed E-state index contributed by atoms with van der Waals surface area (Å²) < 4.78 is 5.59. The molecule has 0 heterocycles. The Morgan fingerprint density at radius 2 is 1.52 bits per heavy atom. The summed E-state index contributed by atoms with van der Waals surface area (Å²) in [5.74, 6) is 0.0425. The SMILES string of the molecule is CC(C)NC(=O)Nc1ccccc1NC(=O)COc1ccc(-c2ccccc2)cc1Cl. The molecule has 0 atom stereocenters. The summed E-state index contributed by atoms with van der Waals surface area (Å²) >= 11 is 6.34. The molecule has 3 amide bonds. The molecule has 31 heavy (non-hydrogen) atoms. The van der Waals surface area contributed by atoms with Gasteiger partial charge in [-0.3, -0.25) is 4.79 Å². The minimum absolute atomic E-state index is 0.00631. The smallest absolute Gasteiger partial charge is 0.319 e. The Hall–Kier alpha value is -3.51. The average Bonchev–Trinajstić information content (AvgIpc) is 2.74. The number of urea groups is 1. The average molecular weight is 438 g/mol. The van der Waals surface area contributed by atoms with E-state index < -0.39 is 0 Å². The van der Waals surface area contributed by atoms with Crippen LogP contribution in [0.3, 0.4) is 0 Å². The zero-order valence-corrected chi connectivity index (χ0v) is 18.1. The van der Waals surface area contributed by atoms with E-state index in [4.69, 9.17) is 16.3 Å². The first-order valence-corrected chi connectivity index (χ1v) is 10.2. The lowest BCUT2D eigenvalue weighted by atomic mass is 10.1. The summed E-state index contributed by atoms with van der Waals surface area (Å²) in [5, 5.41) is 8.63. The number of benzene rings is 3. The van der Waals surface area contributed by atoms with Gasteiger partial charge in [0.25, 0.3) is 5.91 Å². The molecule has 3 rings (SSSR count). The molecule has 0 radical (unpaired) electrons. The summed E-state index contributed by atoms with van der Waals surface area (Å²) in [7, 11) is 0. The van der Waals surface area contributed by atoms with Crippen molar-refractivity contribution in [1.29, 1.82) is 0 Å². The highest BCUT2D eigenvalue weighted by atomic mass is 35.5. The predicted octanol–water partition coefficient (Wildman–Crippen LogP) is 5.55. The largest absolute Gasteiger partial charge is 0.482 e. The minimum atomic E-state index is -0.373. The second kappa shape index (κ2) is 10.5. The van der Waals surface area contributed by atoms with Crippen molar-refractivity contribution in [2.75, 3.05) is 17.2 Å². The van der Waals surface area contributed by atoms with Crippen molar-refractivity contribution < 1.29 is 14.3 Å². The molecule has 0 saturated carbocycles. The van der Waals surface area contributed by atoms with Gasteiger partial charge in [-0.2, -0.15) is 0 Å². The fourth-order valence-corrected chi connectivity index (χ4v) is 3.11. The van der Waals surface area contributed by atoms with Gasteiger partial charge in [-0.15, -0.1) is 0 Å². The Kier molecular flexibility index (Phi) is 7.51. The van der Waals surface area contributed by atoms with Crippen molar-refractivity contribution >= 4 is 34.9 Å². The standard InChI is InChI=1S/C24H24ClN3O3/c1-16(2)26-24(30)28-21-11-7-6-10-20(21)27-23(29)15-31-22-13-12-18(14-19(22)25)17-8-4-3-5-9-17/h3-14,16H,15H2,1-2H3,(H,27,29)(H2,26,28,30). The van der Waals surface area contributed by atoms with Crippen LogP contribution in [0.2, 0.25) is 5.02 Å². The van der Waals surface area contributed by atoms with Gasteiger partial charge >= 0.3 is 6.03 Å². The highest BCUT2D eigenvalue weighted by molar-refractivity contribution is 6.32. The third-order valence-electron chi connectivity index (χ3n) is 4.27. The Bertz CT molecular complexity index is 1050. The van der Waals surface area contributed by atoms with E-state index in [1.807, 2.05) is 50.2 Å². The van der Waals surface area contributed by atoms with Crippen molar-refractivity contribution in [3.05, 3.63) is 77.8 Å². The molecule has 0 saturated heterocycles. The quantitative estimate of drug-likeness (QED) is 0.453. The van der Waals surface area contributed by atoms with Gasteiger partial charge in [-0.1, -0.05) is 60.1 Å². The van der Waals surface area contributed by atoms with Crippen molar-refractivity contribution in [2.24, 2.45) is 0 Å². The lowest BCUT2D eigenvalue weighted by Gasteiger charge is -2.15. The highest BCUT2D eigenvalue weighted by Crippen LogP contribution is 2.30. The van der Waals surface area contributed by atoms with Crippen LogP contribution in [0.25, 0.3) is 11.1 Å². The summed E-state index contributed by atoms with van der Waals surface area (Å²) in [6.07, 6.45) is 0. The second-order valence-corrected chi connectivity index (χ2v) is 7.55. The number of hydrogen-bond donors (Lipinski definition) is 3. The summed E-state index contributed by atoms with van der Waals surface area (Å²) in [5.41, 5.74) is 2.96. The molecule has 0 fully saturated rings. The first-order valence-electron chi connectivity index (χ1n) is 9.86. The van der Waals surface area contributed by atoms with Gasteiger partial charge in [0, 0.05) is 6.04 Å². The molecule has 0 bridgehead atoms. The van der Waals surface area contributed by atoms with E-state index in [-0.39, 0.29) is 24.6 Å². The van der Waals surface area contributed by atoms with Crippen LogP contribution >= 0.6 is 11.6 Å². The zero-order chi connectivity index (χ0) is 22.2. The normalized spacial score (nSPS) is 10.5. The summed E-state index contributed by atoms with van der Waals surface area (Å²) in [6.45, 7) is 3.50. The molecule has 0 aliphatic heterocycles. The number of nitrogens with one attached hydrogen (secondary N) is 3. The molecule has 3 aromatic rings. The van der Waals surface area contributed by atoms with E-state index in [1.165, 1.54) is 0 Å². The third-order valence-corrected chi connectivity index (χ3v) is 4.56. The van der Waals surface area contributed by atoms with Crippen LogP contribution in [-0.4, -0.2) is 24.6 Å². The first kappa shape index (κ1) is 22.2. The predicted molar refractivity (Wildman–Crippen MR) is 125 cm³/mol. The van der Waals surface area contributed by atoms with Gasteiger partial charge < -0.3 is 20.7 Å². The first-order chi connectivity index (χ1) is 14.9. The van der Waals surface area contributed by atoms with Gasteiger partial charge in [0.05, 0.1) is 16.4 Å². The maximum absolute atomic E-state index is 12.4. The van der Waals surface area contributed by atoms with Gasteiger partial charge in [-0.05, 0) is 49.2 Å². The second-order valence-electron chi connectivity index (χ2n) is 7.15. The van der Waals surface area contributed by atoms with Crippen LogP contribution in [0.5, 0.6) is 5.75 Å². The van der Waals surface area contributed by atoms with Crippen LogP contribution in [0.1, 0.15) is 13.8 Å². The van der Waals surface area contributed by atoms with Gasteiger partial charge in [0.15, 0.2) is 6.61 Å². The number of hydrogen-bond acceptors (Lipinski definition) is 3. The van der Waals surface area contributed by atoms with Gasteiger partial charge in [0.1, 0.15) is 5.75 Å². The molecule has 7 heteroatoms. The lowest BCUT2D eigenvalue weighted by Crippen LogP contribution is -2.34. The number of rotatable bonds is 7. The number of ether oxygens (including phenoxy) is 1. The highest BCUT2D eigenvalue weighted by Gasteiger charge is 2.12. The number of anilines is 2. The Balaban J connectivity index is 1.60. The molecule has 0 aliphatic rings. The Morgan fingerprint density at radius 1 is 0.871 bits per heavy atom. The van der Waals surface area contributed by atoms with E-state index in [1.54, 1.807) is 36.4 Å². The van der Waals surface area contributed by atoms with E-state index in [0.29, 0.717) is 22.1 Å². The molecule has 160 valence electrons. The lowest BCUT2D eigenvalue weighted by molar-refractivity contribution is -0.118. The van der Waals surface area contributed by atoms with Crippen LogP contribution in [0, 0.1) is 0 Å². The monoisotopic (exact) mass is 437 g/mol. The van der Waals surface area contributed by atoms with Crippen LogP contribution < -0.4 is 20.7 Å². The number of halogens is 1. The Labute approximate surface area is 186 Å². The molecule has 3 N–H and O–H groups in total. The van der Waals surface area contributed by atoms with E-state index in [0.717, 1.165) is 11.1 Å². The molecular formula is C24H24ClN3O3. The van der Waals surface area contributed by atoms with E-state index in [2.05, 4.69) is 16.0 Å². The van der Waals surface area contributed by atoms with Crippen LogP contribution in [-0.2, 0) is 4.79 Å². The van der Waals surface area contributed by atoms with Crippen LogP contribution in [0.15, 0.2) is 72.8 Å². The maximum atomic E-state index is 12.4. The Morgan fingerprint density at radius 3 is 2.16 bits per heavy atom. The third kappa shape index (κ3) is 6.49. The van der Waals surface area contributed by atoms with Crippen molar-refractivity contribution in [3.63, 3.8) is 0 Å². The molecular weight excluding hydrogens is 414 g/mol.